The molecule has 0 fully saturated rings. The highest BCUT2D eigenvalue weighted by Gasteiger charge is 2.06. The molecule has 0 saturated carbocycles. The lowest BCUT2D eigenvalue weighted by Gasteiger charge is -2.03. The summed E-state index contributed by atoms with van der Waals surface area (Å²) in [5.41, 5.74) is 8.24. The van der Waals surface area contributed by atoms with Gasteiger partial charge in [-0.1, -0.05) is 18.2 Å². The zero-order chi connectivity index (χ0) is 12.1. The third kappa shape index (κ3) is 2.68. The third-order valence-corrected chi connectivity index (χ3v) is 3.09. The molecule has 1 aromatic heterocycles. The number of unbranched alkanes of at least 4 members (excludes halogenated alkanes) is 1. The second-order valence-corrected chi connectivity index (χ2v) is 4.33. The van der Waals surface area contributed by atoms with Crippen LogP contribution in [0.1, 0.15) is 18.4 Å². The van der Waals surface area contributed by atoms with E-state index in [9.17, 15) is 0 Å². The van der Waals surface area contributed by atoms with Gasteiger partial charge in [0.25, 0.3) is 0 Å². The summed E-state index contributed by atoms with van der Waals surface area (Å²) in [5.74, 6) is 0. The van der Waals surface area contributed by atoms with Crippen molar-refractivity contribution < 1.29 is 5.11 Å². The number of hydrogen-bond acceptors (Lipinski definition) is 2. The Morgan fingerprint density at radius 2 is 2.00 bits per heavy atom. The summed E-state index contributed by atoms with van der Waals surface area (Å²) in [6.07, 6.45) is 5.00. The first kappa shape index (κ1) is 12.1. The van der Waals surface area contributed by atoms with E-state index in [-0.39, 0.29) is 6.61 Å². The van der Waals surface area contributed by atoms with Crippen LogP contribution in [-0.2, 0) is 13.0 Å². The molecule has 3 N–H and O–H groups in total. The van der Waals surface area contributed by atoms with Crippen LogP contribution in [0.5, 0.6) is 0 Å². The molecule has 0 aliphatic carbocycles. The van der Waals surface area contributed by atoms with Gasteiger partial charge in [-0.15, -0.1) is 0 Å². The number of nitrogens with two attached hydrogens (primary N) is 1. The fourth-order valence-electron chi connectivity index (χ4n) is 2.26. The smallest absolute Gasteiger partial charge is 0.0483 e. The second kappa shape index (κ2) is 5.84. The molecule has 0 radical (unpaired) electrons. The van der Waals surface area contributed by atoms with Gasteiger partial charge < -0.3 is 15.4 Å². The van der Waals surface area contributed by atoms with E-state index in [1.165, 1.54) is 16.5 Å². The Labute approximate surface area is 102 Å². The molecule has 0 aliphatic rings. The van der Waals surface area contributed by atoms with Crippen molar-refractivity contribution >= 4 is 10.9 Å². The van der Waals surface area contributed by atoms with Crippen molar-refractivity contribution in [1.82, 2.24) is 4.57 Å². The molecule has 0 atom stereocenters. The predicted molar refractivity (Wildman–Crippen MR) is 71.0 cm³/mol. The van der Waals surface area contributed by atoms with Crippen LogP contribution in [0.15, 0.2) is 30.5 Å². The van der Waals surface area contributed by atoms with Crippen molar-refractivity contribution in [2.24, 2.45) is 5.73 Å². The van der Waals surface area contributed by atoms with Crippen LogP contribution in [-0.4, -0.2) is 22.8 Å². The summed E-state index contributed by atoms with van der Waals surface area (Å²) in [5, 5.41) is 10.1. The molecular weight excluding hydrogens is 212 g/mol. The highest BCUT2D eigenvalue weighted by atomic mass is 16.2. The fourth-order valence-corrected chi connectivity index (χ4v) is 2.26. The number of fused-ring (bicyclic) bond motifs is 1. The number of aliphatic hydroxyl groups is 1. The van der Waals surface area contributed by atoms with Gasteiger partial charge in [-0.2, -0.15) is 0 Å². The van der Waals surface area contributed by atoms with Crippen LogP contribution in [0.4, 0.5) is 0 Å². The van der Waals surface area contributed by atoms with Gasteiger partial charge in [0.05, 0.1) is 0 Å². The fraction of sp³-hybridized carbons (Fsp3) is 0.429. The van der Waals surface area contributed by atoms with Crippen LogP contribution in [0.25, 0.3) is 10.9 Å². The molecule has 0 spiro atoms. The van der Waals surface area contributed by atoms with Gasteiger partial charge in [-0.3, -0.25) is 0 Å². The van der Waals surface area contributed by atoms with Crippen LogP contribution in [0, 0.1) is 0 Å². The Morgan fingerprint density at radius 3 is 2.76 bits per heavy atom. The summed E-state index contributed by atoms with van der Waals surface area (Å²) < 4.78 is 2.27. The standard InChI is InChI=1S/C14H20N2O/c15-8-7-12-11-16(9-3-4-10-17)14-6-2-1-5-13(12)14/h1-2,5-6,11,17H,3-4,7-10,15H2. The van der Waals surface area contributed by atoms with Crippen molar-refractivity contribution in [3.05, 3.63) is 36.0 Å². The first-order chi connectivity index (χ1) is 8.36. The van der Waals surface area contributed by atoms with Gasteiger partial charge in [-0.05, 0) is 37.4 Å². The lowest BCUT2D eigenvalue weighted by atomic mass is 10.1. The maximum Gasteiger partial charge on any atom is 0.0483 e. The molecule has 0 unspecified atom stereocenters. The molecular formula is C14H20N2O. The summed E-state index contributed by atoms with van der Waals surface area (Å²) in [6, 6.07) is 8.44. The van der Waals surface area contributed by atoms with E-state index in [0.717, 1.165) is 25.8 Å². The monoisotopic (exact) mass is 232 g/mol. The van der Waals surface area contributed by atoms with E-state index in [1.807, 2.05) is 0 Å². The van der Waals surface area contributed by atoms with Crippen LogP contribution in [0.2, 0.25) is 0 Å². The number of aryl methyl sites for hydroxylation is 1. The SMILES string of the molecule is NCCc1cn(CCCCO)c2ccccc12. The summed E-state index contributed by atoms with van der Waals surface area (Å²) in [6.45, 7) is 1.92. The molecule has 2 rings (SSSR count). The molecule has 1 heterocycles. The van der Waals surface area contributed by atoms with Gasteiger partial charge in [0.1, 0.15) is 0 Å². The maximum absolute atomic E-state index is 8.82. The van der Waals surface area contributed by atoms with Crippen LogP contribution < -0.4 is 5.73 Å². The molecule has 0 bridgehead atoms. The van der Waals surface area contributed by atoms with E-state index >= 15 is 0 Å². The lowest BCUT2D eigenvalue weighted by molar-refractivity contribution is 0.281. The number of para-hydroxylation sites is 1. The molecule has 17 heavy (non-hydrogen) atoms. The summed E-state index contributed by atoms with van der Waals surface area (Å²) >= 11 is 0. The Morgan fingerprint density at radius 1 is 1.18 bits per heavy atom. The average Bonchev–Trinajstić information content (AvgIpc) is 2.70. The normalized spacial score (nSPS) is 11.2. The highest BCUT2D eigenvalue weighted by molar-refractivity contribution is 5.84. The van der Waals surface area contributed by atoms with Gasteiger partial charge >= 0.3 is 0 Å². The van der Waals surface area contributed by atoms with Gasteiger partial charge in [0.15, 0.2) is 0 Å². The quantitative estimate of drug-likeness (QED) is 0.748. The number of benzene rings is 1. The molecule has 1 aromatic carbocycles. The van der Waals surface area contributed by atoms with Gasteiger partial charge in [0, 0.05) is 30.3 Å². The Kier molecular flexibility index (Phi) is 4.18. The third-order valence-electron chi connectivity index (χ3n) is 3.09. The van der Waals surface area contributed by atoms with Gasteiger partial charge in [-0.25, -0.2) is 0 Å². The Balaban J connectivity index is 2.28. The van der Waals surface area contributed by atoms with Gasteiger partial charge in [0.2, 0.25) is 0 Å². The molecule has 0 saturated heterocycles. The topological polar surface area (TPSA) is 51.2 Å². The Bertz CT molecular complexity index is 476. The minimum absolute atomic E-state index is 0.273. The van der Waals surface area contributed by atoms with E-state index in [1.54, 1.807) is 0 Å². The van der Waals surface area contributed by atoms with Crippen molar-refractivity contribution in [2.75, 3.05) is 13.2 Å². The minimum atomic E-state index is 0.273. The summed E-state index contributed by atoms with van der Waals surface area (Å²) in [7, 11) is 0. The molecule has 0 amide bonds. The van der Waals surface area contributed by atoms with Crippen molar-refractivity contribution in [3.63, 3.8) is 0 Å². The largest absolute Gasteiger partial charge is 0.396 e. The van der Waals surface area contributed by atoms with E-state index < -0.39 is 0 Å². The lowest BCUT2D eigenvalue weighted by Crippen LogP contribution is -2.02. The molecule has 3 nitrogen and oxygen atoms in total. The number of nitrogens with zero attached hydrogens (tertiary/aromatic N) is 1. The van der Waals surface area contributed by atoms with E-state index in [0.29, 0.717) is 6.54 Å². The van der Waals surface area contributed by atoms with E-state index in [2.05, 4.69) is 35.0 Å². The first-order valence-corrected chi connectivity index (χ1v) is 6.24. The molecule has 2 aromatic rings. The number of rotatable bonds is 6. The predicted octanol–water partition coefficient (Wildman–Crippen LogP) is 1.91. The number of aromatic nitrogens is 1. The first-order valence-electron chi connectivity index (χ1n) is 6.24. The molecule has 3 heteroatoms. The van der Waals surface area contributed by atoms with Crippen molar-refractivity contribution in [2.45, 2.75) is 25.8 Å². The molecule has 0 aliphatic heterocycles. The summed E-state index contributed by atoms with van der Waals surface area (Å²) in [4.78, 5) is 0. The van der Waals surface area contributed by atoms with Crippen molar-refractivity contribution in [3.8, 4) is 0 Å². The minimum Gasteiger partial charge on any atom is -0.396 e. The maximum atomic E-state index is 8.82. The van der Waals surface area contributed by atoms with E-state index in [4.69, 9.17) is 10.8 Å². The highest BCUT2D eigenvalue weighted by Crippen LogP contribution is 2.22. The second-order valence-electron chi connectivity index (χ2n) is 4.33. The van der Waals surface area contributed by atoms with Crippen LogP contribution >= 0.6 is 0 Å². The zero-order valence-electron chi connectivity index (χ0n) is 10.1. The number of hydrogen-bond donors (Lipinski definition) is 2. The molecule has 92 valence electrons. The average molecular weight is 232 g/mol. The zero-order valence-corrected chi connectivity index (χ0v) is 10.1. The number of aliphatic hydroxyl groups excluding tert-OH is 1. The van der Waals surface area contributed by atoms with Crippen LogP contribution in [0.3, 0.4) is 0 Å². The Hall–Kier alpha value is -1.32. The van der Waals surface area contributed by atoms with Crippen molar-refractivity contribution in [1.29, 1.82) is 0 Å².